The van der Waals surface area contributed by atoms with Gasteiger partial charge in [0.1, 0.15) is 5.56 Å². The van der Waals surface area contributed by atoms with Crippen molar-refractivity contribution in [1.29, 1.82) is 0 Å². The Balaban J connectivity index is 1.97. The van der Waals surface area contributed by atoms with Crippen LogP contribution in [-0.2, 0) is 0 Å². The molecule has 0 saturated carbocycles. The number of aromatic nitrogens is 1. The molecule has 2 heterocycles. The number of nitrogens with one attached hydrogen (secondary N) is 1. The minimum absolute atomic E-state index is 0.161. The van der Waals surface area contributed by atoms with Crippen molar-refractivity contribution < 1.29 is 4.79 Å². The number of amides is 1. The summed E-state index contributed by atoms with van der Waals surface area (Å²) in [4.78, 5) is 30.8. The molecule has 0 bridgehead atoms. The Morgan fingerprint density at radius 1 is 1.32 bits per heavy atom. The summed E-state index contributed by atoms with van der Waals surface area (Å²) in [5.41, 5.74) is 0.0215. The lowest BCUT2D eigenvalue weighted by Crippen LogP contribution is -2.50. The zero-order valence-electron chi connectivity index (χ0n) is 11.6. The number of pyridine rings is 1. The summed E-state index contributed by atoms with van der Waals surface area (Å²) in [6, 6.07) is 1.39. The highest BCUT2D eigenvalue weighted by molar-refractivity contribution is 5.93. The summed E-state index contributed by atoms with van der Waals surface area (Å²) >= 11 is 0. The molecule has 2 rings (SSSR count). The van der Waals surface area contributed by atoms with Crippen LogP contribution in [0.2, 0.25) is 0 Å². The molecule has 1 aromatic rings. The molecular formula is C14H21N3O2. The lowest BCUT2D eigenvalue weighted by molar-refractivity contribution is 0.0622. The summed E-state index contributed by atoms with van der Waals surface area (Å²) in [6.07, 6.45) is 3.03. The normalized spacial score (nSPS) is 16.9. The average molecular weight is 263 g/mol. The average Bonchev–Trinajstić information content (AvgIpc) is 2.39. The first kappa shape index (κ1) is 13.8. The molecule has 1 amide bonds. The second kappa shape index (κ2) is 6.02. The van der Waals surface area contributed by atoms with Crippen LogP contribution >= 0.6 is 0 Å². The molecule has 1 aromatic heterocycles. The summed E-state index contributed by atoms with van der Waals surface area (Å²) < 4.78 is 0. The number of piperazine rings is 1. The van der Waals surface area contributed by atoms with E-state index in [1.54, 1.807) is 11.1 Å². The minimum Gasteiger partial charge on any atom is -0.367 e. The van der Waals surface area contributed by atoms with Gasteiger partial charge in [-0.05, 0) is 5.92 Å². The minimum atomic E-state index is -0.214. The number of rotatable bonds is 3. The molecular weight excluding hydrogens is 242 g/mol. The van der Waals surface area contributed by atoms with Crippen LogP contribution < -0.4 is 5.43 Å². The second-order valence-electron chi connectivity index (χ2n) is 5.41. The topological polar surface area (TPSA) is 56.4 Å². The number of carbonyl (C=O) groups excluding carboxylic acids is 1. The Kier molecular flexibility index (Phi) is 4.37. The van der Waals surface area contributed by atoms with Crippen molar-refractivity contribution in [2.75, 3.05) is 32.7 Å². The fraction of sp³-hybridized carbons (Fsp3) is 0.571. The van der Waals surface area contributed by atoms with Crippen molar-refractivity contribution in [2.24, 2.45) is 5.92 Å². The van der Waals surface area contributed by atoms with E-state index in [0.29, 0.717) is 19.0 Å². The molecule has 0 atom stereocenters. The van der Waals surface area contributed by atoms with Crippen LogP contribution in [0.4, 0.5) is 0 Å². The van der Waals surface area contributed by atoms with E-state index in [2.05, 4.69) is 23.7 Å². The lowest BCUT2D eigenvalue weighted by Gasteiger charge is -2.35. The number of hydrogen-bond acceptors (Lipinski definition) is 3. The van der Waals surface area contributed by atoms with Crippen molar-refractivity contribution in [2.45, 2.75) is 13.8 Å². The molecule has 19 heavy (non-hydrogen) atoms. The molecule has 5 heteroatoms. The van der Waals surface area contributed by atoms with Crippen LogP contribution in [0, 0.1) is 5.92 Å². The number of carbonyl (C=O) groups is 1. The fourth-order valence-corrected chi connectivity index (χ4v) is 2.40. The van der Waals surface area contributed by atoms with Crippen LogP contribution in [0.1, 0.15) is 24.2 Å². The predicted octanol–water partition coefficient (Wildman–Crippen LogP) is 0.789. The third-order valence-corrected chi connectivity index (χ3v) is 3.34. The molecule has 1 aliphatic rings. The lowest BCUT2D eigenvalue weighted by atomic mass is 10.1. The zero-order valence-corrected chi connectivity index (χ0v) is 11.6. The van der Waals surface area contributed by atoms with E-state index in [1.165, 1.54) is 12.3 Å². The summed E-state index contributed by atoms with van der Waals surface area (Å²) in [6.45, 7) is 8.61. The Hall–Kier alpha value is -1.62. The molecule has 0 aliphatic carbocycles. The molecule has 1 aliphatic heterocycles. The van der Waals surface area contributed by atoms with Crippen molar-refractivity contribution in [3.63, 3.8) is 0 Å². The number of nitrogens with zero attached hydrogens (tertiary/aromatic N) is 2. The largest absolute Gasteiger partial charge is 0.367 e. The molecule has 1 N–H and O–H groups in total. The van der Waals surface area contributed by atoms with Gasteiger partial charge >= 0.3 is 0 Å². The maximum absolute atomic E-state index is 12.2. The highest BCUT2D eigenvalue weighted by Crippen LogP contribution is 2.07. The van der Waals surface area contributed by atoms with E-state index < -0.39 is 0 Å². The Morgan fingerprint density at radius 2 is 2.00 bits per heavy atom. The summed E-state index contributed by atoms with van der Waals surface area (Å²) in [5.74, 6) is 0.477. The van der Waals surface area contributed by atoms with E-state index in [0.717, 1.165) is 19.6 Å². The van der Waals surface area contributed by atoms with Crippen LogP contribution in [0.5, 0.6) is 0 Å². The third-order valence-electron chi connectivity index (χ3n) is 3.34. The third kappa shape index (κ3) is 3.44. The molecule has 0 radical (unpaired) electrons. The standard InChI is InChI=1S/C14H21N3O2/c1-11(2)10-16-5-7-17(8-6-16)14(19)12-9-15-4-3-13(12)18/h3-4,9,11H,5-8,10H2,1-2H3,(H,15,18). The first-order valence-electron chi connectivity index (χ1n) is 6.76. The quantitative estimate of drug-likeness (QED) is 0.877. The molecule has 0 spiro atoms. The van der Waals surface area contributed by atoms with E-state index >= 15 is 0 Å². The molecule has 5 nitrogen and oxygen atoms in total. The van der Waals surface area contributed by atoms with E-state index in [9.17, 15) is 9.59 Å². The molecule has 1 saturated heterocycles. The highest BCUT2D eigenvalue weighted by Gasteiger charge is 2.23. The predicted molar refractivity (Wildman–Crippen MR) is 74.2 cm³/mol. The second-order valence-corrected chi connectivity index (χ2v) is 5.41. The van der Waals surface area contributed by atoms with Gasteiger partial charge in [-0.3, -0.25) is 14.5 Å². The molecule has 104 valence electrons. The van der Waals surface area contributed by atoms with Gasteiger partial charge in [-0.15, -0.1) is 0 Å². The molecule has 0 aromatic carbocycles. The first-order chi connectivity index (χ1) is 9.08. The number of aromatic amines is 1. The fourth-order valence-electron chi connectivity index (χ4n) is 2.40. The van der Waals surface area contributed by atoms with Gasteiger partial charge in [-0.2, -0.15) is 0 Å². The zero-order chi connectivity index (χ0) is 13.8. The maximum Gasteiger partial charge on any atom is 0.259 e. The van der Waals surface area contributed by atoms with E-state index in [4.69, 9.17) is 0 Å². The SMILES string of the molecule is CC(C)CN1CCN(C(=O)c2c[nH]ccc2=O)CC1. The van der Waals surface area contributed by atoms with Gasteiger partial charge < -0.3 is 9.88 Å². The Labute approximate surface area is 113 Å². The van der Waals surface area contributed by atoms with Crippen molar-refractivity contribution in [3.8, 4) is 0 Å². The van der Waals surface area contributed by atoms with Crippen LogP contribution in [0.25, 0.3) is 0 Å². The van der Waals surface area contributed by atoms with Crippen molar-refractivity contribution in [1.82, 2.24) is 14.8 Å². The van der Waals surface area contributed by atoms with Crippen LogP contribution in [-0.4, -0.2) is 53.4 Å². The first-order valence-corrected chi connectivity index (χ1v) is 6.76. The summed E-state index contributed by atoms with van der Waals surface area (Å²) in [7, 11) is 0. The monoisotopic (exact) mass is 263 g/mol. The van der Waals surface area contributed by atoms with Crippen LogP contribution in [0.15, 0.2) is 23.3 Å². The molecule has 1 fully saturated rings. The van der Waals surface area contributed by atoms with Gasteiger partial charge in [-0.25, -0.2) is 0 Å². The smallest absolute Gasteiger partial charge is 0.259 e. The van der Waals surface area contributed by atoms with Gasteiger partial charge in [0.15, 0.2) is 5.43 Å². The van der Waals surface area contributed by atoms with Gasteiger partial charge in [-0.1, -0.05) is 13.8 Å². The highest BCUT2D eigenvalue weighted by atomic mass is 16.2. The van der Waals surface area contributed by atoms with Gasteiger partial charge in [0, 0.05) is 51.2 Å². The number of hydrogen-bond donors (Lipinski definition) is 1. The van der Waals surface area contributed by atoms with Crippen molar-refractivity contribution >= 4 is 5.91 Å². The van der Waals surface area contributed by atoms with Crippen LogP contribution in [0.3, 0.4) is 0 Å². The Bertz CT molecular complexity index is 487. The Morgan fingerprint density at radius 3 is 2.58 bits per heavy atom. The van der Waals surface area contributed by atoms with Gasteiger partial charge in [0.2, 0.25) is 0 Å². The van der Waals surface area contributed by atoms with Gasteiger partial charge in [0.05, 0.1) is 0 Å². The number of H-pyrrole nitrogens is 1. The molecule has 0 unspecified atom stereocenters. The van der Waals surface area contributed by atoms with E-state index in [-0.39, 0.29) is 16.9 Å². The van der Waals surface area contributed by atoms with E-state index in [1.807, 2.05) is 0 Å². The van der Waals surface area contributed by atoms with Crippen molar-refractivity contribution in [3.05, 3.63) is 34.2 Å². The summed E-state index contributed by atoms with van der Waals surface area (Å²) in [5, 5.41) is 0. The maximum atomic E-state index is 12.2. The van der Waals surface area contributed by atoms with Gasteiger partial charge in [0.25, 0.3) is 5.91 Å².